The molecule has 2 heterocycles. The van der Waals surface area contributed by atoms with Gasteiger partial charge in [0.15, 0.2) is 0 Å². The lowest BCUT2D eigenvalue weighted by Crippen LogP contribution is -2.34. The first-order valence-electron chi connectivity index (χ1n) is 9.95. The van der Waals surface area contributed by atoms with Crippen molar-refractivity contribution in [3.63, 3.8) is 0 Å². The first-order chi connectivity index (χ1) is 16.0. The molecule has 34 heavy (non-hydrogen) atoms. The van der Waals surface area contributed by atoms with E-state index in [0.29, 0.717) is 16.7 Å². The fraction of sp³-hybridized carbons (Fsp3) is 0.238. The van der Waals surface area contributed by atoms with Gasteiger partial charge in [0.05, 0.1) is 4.90 Å². The van der Waals surface area contributed by atoms with Crippen LogP contribution in [0.25, 0.3) is 0 Å². The lowest BCUT2D eigenvalue weighted by Gasteiger charge is -2.16. The molecule has 1 amide bonds. The van der Waals surface area contributed by atoms with Gasteiger partial charge in [-0.25, -0.2) is 17.8 Å². The third-order valence-corrected chi connectivity index (χ3v) is 7.25. The topological polar surface area (TPSA) is 123 Å². The van der Waals surface area contributed by atoms with Crippen molar-refractivity contribution < 1.29 is 17.6 Å². The Morgan fingerprint density at radius 3 is 2.62 bits per heavy atom. The summed E-state index contributed by atoms with van der Waals surface area (Å²) in [5.74, 6) is -1.95. The van der Waals surface area contributed by atoms with Gasteiger partial charge < -0.3 is 5.32 Å². The standard InChI is InChI=1S/C21H20Cl2FN5O4S/c1-12-6-7-15(11-16(12)34(32,33)26-10-8-14-5-3-4-9-25-14)27-20(30)13(2)29-21(31)18(23)17(22)19(24)28-29/h3-7,9,11,13,26H,8,10H2,1-2H3,(H,27,30). The molecule has 0 aliphatic carbocycles. The summed E-state index contributed by atoms with van der Waals surface area (Å²) in [5, 5.41) is 4.64. The Hall–Kier alpha value is -2.86. The molecule has 13 heteroatoms. The number of aryl methyl sites for hydroxylation is 1. The van der Waals surface area contributed by atoms with Crippen molar-refractivity contribution in [3.05, 3.63) is 80.2 Å². The van der Waals surface area contributed by atoms with Crippen molar-refractivity contribution in [2.45, 2.75) is 31.2 Å². The lowest BCUT2D eigenvalue weighted by atomic mass is 10.2. The van der Waals surface area contributed by atoms with Gasteiger partial charge in [-0.15, -0.1) is 5.10 Å². The third kappa shape index (κ3) is 5.79. The van der Waals surface area contributed by atoms with Gasteiger partial charge in [0, 0.05) is 30.5 Å². The van der Waals surface area contributed by atoms with E-state index in [1.54, 1.807) is 25.3 Å². The minimum Gasteiger partial charge on any atom is -0.324 e. The monoisotopic (exact) mass is 527 g/mol. The molecule has 0 radical (unpaired) electrons. The quantitative estimate of drug-likeness (QED) is 0.463. The van der Waals surface area contributed by atoms with Crippen molar-refractivity contribution in [1.29, 1.82) is 0 Å². The first-order valence-corrected chi connectivity index (χ1v) is 12.2. The molecule has 0 saturated heterocycles. The predicted octanol–water partition coefficient (Wildman–Crippen LogP) is 3.11. The molecule has 3 aromatic rings. The summed E-state index contributed by atoms with van der Waals surface area (Å²) in [7, 11) is -3.89. The minimum atomic E-state index is -3.89. The second-order valence-corrected chi connectivity index (χ2v) is 9.77. The number of pyridine rings is 1. The highest BCUT2D eigenvalue weighted by molar-refractivity contribution is 7.89. The molecule has 3 rings (SSSR count). The zero-order valence-corrected chi connectivity index (χ0v) is 20.4. The molecule has 2 N–H and O–H groups in total. The normalized spacial score (nSPS) is 12.4. The number of amides is 1. The number of carbonyl (C=O) groups excluding carboxylic acids is 1. The number of anilines is 1. The van der Waals surface area contributed by atoms with Crippen molar-refractivity contribution in [3.8, 4) is 0 Å². The van der Waals surface area contributed by atoms with E-state index >= 15 is 0 Å². The number of benzene rings is 1. The maximum atomic E-state index is 13.8. The van der Waals surface area contributed by atoms with Crippen LogP contribution in [0.2, 0.25) is 10.0 Å². The van der Waals surface area contributed by atoms with Gasteiger partial charge in [0.2, 0.25) is 15.9 Å². The summed E-state index contributed by atoms with van der Waals surface area (Å²) in [5.41, 5.74) is 0.404. The molecule has 1 unspecified atom stereocenters. The smallest absolute Gasteiger partial charge is 0.288 e. The fourth-order valence-electron chi connectivity index (χ4n) is 2.99. The van der Waals surface area contributed by atoms with Crippen molar-refractivity contribution in [1.82, 2.24) is 19.5 Å². The Labute approximate surface area is 205 Å². The molecule has 0 spiro atoms. The van der Waals surface area contributed by atoms with Crippen molar-refractivity contribution in [2.24, 2.45) is 0 Å². The van der Waals surface area contributed by atoms with Gasteiger partial charge >= 0.3 is 0 Å². The van der Waals surface area contributed by atoms with Gasteiger partial charge in [0.25, 0.3) is 11.5 Å². The average molecular weight is 528 g/mol. The second-order valence-electron chi connectivity index (χ2n) is 7.28. The van der Waals surface area contributed by atoms with E-state index in [1.165, 1.54) is 25.1 Å². The summed E-state index contributed by atoms with van der Waals surface area (Å²) in [6.45, 7) is 3.05. The summed E-state index contributed by atoms with van der Waals surface area (Å²) in [6.07, 6.45) is 2.02. The van der Waals surface area contributed by atoms with E-state index in [-0.39, 0.29) is 17.1 Å². The zero-order chi connectivity index (χ0) is 25.0. The first kappa shape index (κ1) is 25.8. The zero-order valence-electron chi connectivity index (χ0n) is 18.0. The molecule has 9 nitrogen and oxygen atoms in total. The molecule has 180 valence electrons. The third-order valence-electron chi connectivity index (χ3n) is 4.86. The number of aromatic nitrogens is 3. The van der Waals surface area contributed by atoms with Gasteiger partial charge in [-0.3, -0.25) is 14.6 Å². The van der Waals surface area contributed by atoms with Crippen LogP contribution in [0.3, 0.4) is 0 Å². The number of sulfonamides is 1. The van der Waals surface area contributed by atoms with Crippen LogP contribution in [-0.4, -0.2) is 35.6 Å². The Morgan fingerprint density at radius 1 is 1.21 bits per heavy atom. The number of hydrogen-bond donors (Lipinski definition) is 2. The number of hydrogen-bond acceptors (Lipinski definition) is 6. The Kier molecular flexibility index (Phi) is 8.03. The van der Waals surface area contributed by atoms with Crippen molar-refractivity contribution in [2.75, 3.05) is 11.9 Å². The molecule has 1 aromatic carbocycles. The van der Waals surface area contributed by atoms with Gasteiger partial charge in [0.1, 0.15) is 16.1 Å². The average Bonchev–Trinajstić information content (AvgIpc) is 2.81. The number of carbonyl (C=O) groups is 1. The molecule has 0 bridgehead atoms. The summed E-state index contributed by atoms with van der Waals surface area (Å²) in [6, 6.07) is 8.40. The molecule has 0 fully saturated rings. The summed E-state index contributed by atoms with van der Waals surface area (Å²) >= 11 is 11.3. The van der Waals surface area contributed by atoms with Crippen LogP contribution in [-0.2, 0) is 21.2 Å². The van der Waals surface area contributed by atoms with Crippen LogP contribution in [0.5, 0.6) is 0 Å². The van der Waals surface area contributed by atoms with E-state index in [0.717, 1.165) is 5.69 Å². The number of nitrogens with one attached hydrogen (secondary N) is 2. The largest absolute Gasteiger partial charge is 0.324 e. The highest BCUT2D eigenvalue weighted by atomic mass is 35.5. The summed E-state index contributed by atoms with van der Waals surface area (Å²) in [4.78, 5) is 29.0. The molecule has 0 aliphatic rings. The van der Waals surface area contributed by atoms with E-state index in [9.17, 15) is 22.4 Å². The lowest BCUT2D eigenvalue weighted by molar-refractivity contribution is -0.119. The number of halogens is 3. The number of rotatable bonds is 8. The highest BCUT2D eigenvalue weighted by Gasteiger charge is 2.23. The predicted molar refractivity (Wildman–Crippen MR) is 126 cm³/mol. The van der Waals surface area contributed by atoms with Crippen LogP contribution in [0.1, 0.15) is 24.2 Å². The maximum absolute atomic E-state index is 13.8. The van der Waals surface area contributed by atoms with Gasteiger partial charge in [-0.2, -0.15) is 4.39 Å². The van der Waals surface area contributed by atoms with Crippen LogP contribution >= 0.6 is 23.2 Å². The maximum Gasteiger partial charge on any atom is 0.288 e. The van der Waals surface area contributed by atoms with Crippen LogP contribution in [0.4, 0.5) is 10.1 Å². The Bertz CT molecular complexity index is 1380. The molecule has 0 aliphatic heterocycles. The molecule has 2 aromatic heterocycles. The van der Waals surface area contributed by atoms with E-state index in [1.807, 2.05) is 6.07 Å². The Morgan fingerprint density at radius 2 is 1.94 bits per heavy atom. The molecule has 0 saturated carbocycles. The molecular formula is C21H20Cl2FN5O4S. The van der Waals surface area contributed by atoms with Crippen molar-refractivity contribution >= 4 is 44.8 Å². The van der Waals surface area contributed by atoms with Gasteiger partial charge in [-0.05, 0) is 43.7 Å². The summed E-state index contributed by atoms with van der Waals surface area (Å²) < 4.78 is 42.5. The SMILES string of the molecule is Cc1ccc(NC(=O)C(C)n2nc(F)c(Cl)c(Cl)c2=O)cc1S(=O)(=O)NCCc1ccccn1. The Balaban J connectivity index is 1.76. The number of nitrogens with zero attached hydrogens (tertiary/aromatic N) is 3. The fourth-order valence-corrected chi connectivity index (χ4v) is 4.58. The van der Waals surface area contributed by atoms with E-state index in [4.69, 9.17) is 23.2 Å². The van der Waals surface area contributed by atoms with E-state index in [2.05, 4.69) is 20.1 Å². The van der Waals surface area contributed by atoms with Gasteiger partial charge in [-0.1, -0.05) is 35.3 Å². The van der Waals surface area contributed by atoms with E-state index < -0.39 is 43.5 Å². The minimum absolute atomic E-state index is 0.0325. The molecular weight excluding hydrogens is 508 g/mol. The highest BCUT2D eigenvalue weighted by Crippen LogP contribution is 2.22. The van der Waals surface area contributed by atoms with Crippen LogP contribution in [0.15, 0.2) is 52.3 Å². The second kappa shape index (κ2) is 10.6. The molecule has 1 atom stereocenters. The van der Waals surface area contributed by atoms with Crippen LogP contribution < -0.4 is 15.6 Å². The van der Waals surface area contributed by atoms with Crippen LogP contribution in [0, 0.1) is 12.9 Å².